The fourth-order valence-electron chi connectivity index (χ4n) is 2.12. The highest BCUT2D eigenvalue weighted by Crippen LogP contribution is 2.30. The van der Waals surface area contributed by atoms with Crippen LogP contribution in [0.25, 0.3) is 6.08 Å². The van der Waals surface area contributed by atoms with E-state index >= 15 is 0 Å². The fraction of sp³-hybridized carbons (Fsp3) is 0.211. The molecule has 0 atom stereocenters. The minimum atomic E-state index is -2.94. The summed E-state index contributed by atoms with van der Waals surface area (Å²) in [5.41, 5.74) is 1.23. The first kappa shape index (κ1) is 19.2. The normalized spacial score (nSPS) is 10.8. The minimum absolute atomic E-state index is 0.0540. The van der Waals surface area contributed by atoms with Gasteiger partial charge in [-0.15, -0.1) is 0 Å². The van der Waals surface area contributed by atoms with Gasteiger partial charge in [0.05, 0.1) is 13.7 Å². The van der Waals surface area contributed by atoms with Crippen LogP contribution in [-0.2, 0) is 4.79 Å². The molecule has 0 heterocycles. The van der Waals surface area contributed by atoms with E-state index in [1.165, 1.54) is 18.2 Å². The maximum Gasteiger partial charge on any atom is 0.387 e. The summed E-state index contributed by atoms with van der Waals surface area (Å²) in [6.07, 6.45) is 2.89. The lowest BCUT2D eigenvalue weighted by Crippen LogP contribution is -2.07. The Hall–Kier alpha value is -3.09. The maximum absolute atomic E-state index is 12.4. The van der Waals surface area contributed by atoms with Gasteiger partial charge in [0.25, 0.3) is 0 Å². The van der Waals surface area contributed by atoms with Crippen molar-refractivity contribution in [2.24, 2.45) is 0 Å². The zero-order valence-corrected chi connectivity index (χ0v) is 14.4. The Morgan fingerprint density at radius 2 is 1.88 bits per heavy atom. The second kappa shape index (κ2) is 9.41. The topological polar surface area (TPSA) is 56.8 Å². The SMILES string of the molecule is CCOc1cc(/C=C/C(=O)Nc2ccc(OC)cc2)ccc1OC(F)F. The summed E-state index contributed by atoms with van der Waals surface area (Å²) in [6, 6.07) is 11.3. The summed E-state index contributed by atoms with van der Waals surface area (Å²) < 4.78 is 39.5. The first-order chi connectivity index (χ1) is 12.5. The van der Waals surface area contributed by atoms with Crippen LogP contribution in [0.2, 0.25) is 0 Å². The lowest BCUT2D eigenvalue weighted by molar-refractivity contribution is -0.111. The molecule has 26 heavy (non-hydrogen) atoms. The van der Waals surface area contributed by atoms with Gasteiger partial charge in [0.2, 0.25) is 5.91 Å². The van der Waals surface area contributed by atoms with Crippen molar-refractivity contribution >= 4 is 17.7 Å². The predicted molar refractivity (Wildman–Crippen MR) is 94.9 cm³/mol. The van der Waals surface area contributed by atoms with Gasteiger partial charge in [0.15, 0.2) is 11.5 Å². The van der Waals surface area contributed by atoms with E-state index in [0.29, 0.717) is 23.6 Å². The molecule has 0 bridgehead atoms. The first-order valence-corrected chi connectivity index (χ1v) is 7.86. The number of anilines is 1. The third-order valence-corrected chi connectivity index (χ3v) is 3.27. The molecule has 0 aliphatic carbocycles. The number of hydrogen-bond acceptors (Lipinski definition) is 4. The summed E-state index contributed by atoms with van der Waals surface area (Å²) in [5, 5.41) is 2.70. The van der Waals surface area contributed by atoms with Crippen molar-refractivity contribution in [2.75, 3.05) is 19.0 Å². The number of nitrogens with one attached hydrogen (secondary N) is 1. The number of halogens is 2. The Balaban J connectivity index is 2.05. The number of carbonyl (C=O) groups excluding carboxylic acids is 1. The average Bonchev–Trinajstić information content (AvgIpc) is 2.62. The molecule has 0 saturated heterocycles. The van der Waals surface area contributed by atoms with Gasteiger partial charge in [-0.2, -0.15) is 8.78 Å². The molecule has 0 fully saturated rings. The Morgan fingerprint density at radius 3 is 2.50 bits per heavy atom. The number of carbonyl (C=O) groups is 1. The number of alkyl halides is 2. The monoisotopic (exact) mass is 363 g/mol. The standard InChI is InChI=1S/C19H19F2NO4/c1-3-25-17-12-13(4-10-16(17)26-19(20)21)5-11-18(23)22-14-6-8-15(24-2)9-7-14/h4-12,19H,3H2,1-2H3,(H,22,23)/b11-5+. The van der Waals surface area contributed by atoms with Crippen molar-refractivity contribution in [2.45, 2.75) is 13.5 Å². The van der Waals surface area contributed by atoms with E-state index in [4.69, 9.17) is 9.47 Å². The summed E-state index contributed by atoms with van der Waals surface area (Å²) >= 11 is 0. The maximum atomic E-state index is 12.4. The molecule has 1 amide bonds. The van der Waals surface area contributed by atoms with Gasteiger partial charge in [-0.05, 0) is 55.0 Å². The molecule has 0 aliphatic heterocycles. The van der Waals surface area contributed by atoms with E-state index in [0.717, 1.165) is 0 Å². The van der Waals surface area contributed by atoms with Gasteiger partial charge in [0.1, 0.15) is 5.75 Å². The van der Waals surface area contributed by atoms with Crippen LogP contribution >= 0.6 is 0 Å². The van der Waals surface area contributed by atoms with Crippen LogP contribution in [0.4, 0.5) is 14.5 Å². The highest BCUT2D eigenvalue weighted by atomic mass is 19.3. The van der Waals surface area contributed by atoms with Crippen molar-refractivity contribution in [3.8, 4) is 17.2 Å². The van der Waals surface area contributed by atoms with Crippen molar-refractivity contribution < 1.29 is 27.8 Å². The lowest BCUT2D eigenvalue weighted by atomic mass is 10.2. The van der Waals surface area contributed by atoms with Gasteiger partial charge in [0, 0.05) is 11.8 Å². The van der Waals surface area contributed by atoms with E-state index in [2.05, 4.69) is 10.1 Å². The quantitative estimate of drug-likeness (QED) is 0.709. The van der Waals surface area contributed by atoms with E-state index in [-0.39, 0.29) is 17.4 Å². The van der Waals surface area contributed by atoms with Crippen LogP contribution < -0.4 is 19.5 Å². The second-order valence-electron chi connectivity index (χ2n) is 5.07. The van der Waals surface area contributed by atoms with Crippen LogP contribution in [0.1, 0.15) is 12.5 Å². The lowest BCUT2D eigenvalue weighted by Gasteiger charge is -2.11. The average molecular weight is 363 g/mol. The van der Waals surface area contributed by atoms with Gasteiger partial charge >= 0.3 is 6.61 Å². The fourth-order valence-corrected chi connectivity index (χ4v) is 2.12. The third-order valence-electron chi connectivity index (χ3n) is 3.27. The van der Waals surface area contributed by atoms with E-state index in [1.807, 2.05) is 0 Å². The molecule has 2 rings (SSSR count). The van der Waals surface area contributed by atoms with Crippen molar-refractivity contribution in [3.05, 3.63) is 54.1 Å². The number of benzene rings is 2. The van der Waals surface area contributed by atoms with Crippen LogP contribution in [-0.4, -0.2) is 26.2 Å². The van der Waals surface area contributed by atoms with Crippen LogP contribution in [0.5, 0.6) is 17.2 Å². The zero-order valence-electron chi connectivity index (χ0n) is 14.4. The van der Waals surface area contributed by atoms with E-state index in [1.54, 1.807) is 50.4 Å². The zero-order chi connectivity index (χ0) is 18.9. The molecular formula is C19H19F2NO4. The molecule has 0 aliphatic rings. The molecule has 0 unspecified atom stereocenters. The number of hydrogen-bond donors (Lipinski definition) is 1. The number of ether oxygens (including phenoxy) is 3. The number of amides is 1. The summed E-state index contributed by atoms with van der Waals surface area (Å²) in [7, 11) is 1.56. The molecule has 0 radical (unpaired) electrons. The summed E-state index contributed by atoms with van der Waals surface area (Å²) in [4.78, 5) is 12.0. The number of rotatable bonds is 8. The van der Waals surface area contributed by atoms with Crippen molar-refractivity contribution in [3.63, 3.8) is 0 Å². The van der Waals surface area contributed by atoms with Crippen molar-refractivity contribution in [1.29, 1.82) is 0 Å². The van der Waals surface area contributed by atoms with Crippen LogP contribution in [0.15, 0.2) is 48.5 Å². The van der Waals surface area contributed by atoms with Crippen LogP contribution in [0.3, 0.4) is 0 Å². The highest BCUT2D eigenvalue weighted by Gasteiger charge is 2.11. The van der Waals surface area contributed by atoms with E-state index in [9.17, 15) is 13.6 Å². The molecule has 0 spiro atoms. The van der Waals surface area contributed by atoms with E-state index < -0.39 is 6.61 Å². The molecule has 5 nitrogen and oxygen atoms in total. The summed E-state index contributed by atoms with van der Waals surface area (Å²) in [5.74, 6) is 0.487. The van der Waals surface area contributed by atoms with Gasteiger partial charge in [-0.1, -0.05) is 6.07 Å². The smallest absolute Gasteiger partial charge is 0.387 e. The minimum Gasteiger partial charge on any atom is -0.497 e. The molecule has 1 N–H and O–H groups in total. The molecule has 0 saturated carbocycles. The molecule has 0 aromatic heterocycles. The first-order valence-electron chi connectivity index (χ1n) is 7.86. The Bertz CT molecular complexity index is 761. The second-order valence-corrected chi connectivity index (χ2v) is 5.07. The third kappa shape index (κ3) is 5.77. The van der Waals surface area contributed by atoms with Gasteiger partial charge in [-0.3, -0.25) is 4.79 Å². The molecular weight excluding hydrogens is 344 g/mol. The number of methoxy groups -OCH3 is 1. The van der Waals surface area contributed by atoms with Crippen molar-refractivity contribution in [1.82, 2.24) is 0 Å². The largest absolute Gasteiger partial charge is 0.497 e. The molecule has 2 aromatic rings. The van der Waals surface area contributed by atoms with Gasteiger partial charge in [-0.25, -0.2) is 0 Å². The Morgan fingerprint density at radius 1 is 1.15 bits per heavy atom. The summed E-state index contributed by atoms with van der Waals surface area (Å²) in [6.45, 7) is -0.910. The highest BCUT2D eigenvalue weighted by molar-refractivity contribution is 6.01. The Kier molecular flexibility index (Phi) is 6.96. The molecule has 7 heteroatoms. The van der Waals surface area contributed by atoms with Gasteiger partial charge < -0.3 is 19.5 Å². The molecule has 2 aromatic carbocycles. The molecule has 138 valence electrons. The Labute approximate surface area is 150 Å². The predicted octanol–water partition coefficient (Wildman–Crippen LogP) is 4.35. The van der Waals surface area contributed by atoms with Crippen LogP contribution in [0, 0.1) is 0 Å².